The molecular weight excluding hydrogens is 319 g/mol. The van der Waals surface area contributed by atoms with Crippen LogP contribution >= 0.6 is 0 Å². The van der Waals surface area contributed by atoms with Crippen LogP contribution in [0.15, 0.2) is 30.5 Å². The van der Waals surface area contributed by atoms with Gasteiger partial charge in [-0.3, -0.25) is 4.79 Å². The van der Waals surface area contributed by atoms with Gasteiger partial charge in [0.1, 0.15) is 5.56 Å². The molecule has 0 saturated heterocycles. The van der Waals surface area contributed by atoms with Gasteiger partial charge in [-0.25, -0.2) is 13.2 Å². The minimum absolute atomic E-state index is 0.333. The fraction of sp³-hybridized carbons (Fsp3) is 0.375. The molecule has 0 spiro atoms. The Balaban J connectivity index is 2.24. The van der Waals surface area contributed by atoms with Crippen molar-refractivity contribution < 1.29 is 31.5 Å². The van der Waals surface area contributed by atoms with Crippen molar-refractivity contribution in [1.29, 1.82) is 0 Å². The third-order valence-corrected chi connectivity index (χ3v) is 4.04. The zero-order chi connectivity index (χ0) is 17.6. The Morgan fingerprint density at radius 3 is 2.48 bits per heavy atom. The van der Waals surface area contributed by atoms with Gasteiger partial charge in [-0.05, 0) is 23.6 Å². The maximum atomic E-state index is 13.9. The minimum atomic E-state index is -4.42. The van der Waals surface area contributed by atoms with Crippen molar-refractivity contribution in [3.05, 3.63) is 53.5 Å². The molecule has 1 saturated carbocycles. The second-order valence-corrected chi connectivity index (χ2v) is 5.86. The molecule has 23 heavy (non-hydrogen) atoms. The van der Waals surface area contributed by atoms with E-state index < -0.39 is 52.3 Å². The first-order valence-corrected chi connectivity index (χ1v) is 6.64. The minimum Gasteiger partial charge on any atom is -0.397 e. The van der Waals surface area contributed by atoms with Crippen LogP contribution in [0.1, 0.15) is 19.4 Å². The number of benzene rings is 1. The number of rotatable bonds is 4. The molecule has 1 aliphatic carbocycles. The molecule has 2 atom stereocenters. The monoisotopic (exact) mass is 332 g/mol. The molecule has 0 aromatic heterocycles. The van der Waals surface area contributed by atoms with Crippen molar-refractivity contribution in [2.75, 3.05) is 0 Å². The van der Waals surface area contributed by atoms with Crippen LogP contribution in [0.25, 0.3) is 0 Å². The molecule has 1 fully saturated rings. The van der Waals surface area contributed by atoms with Crippen molar-refractivity contribution in [3.8, 4) is 0 Å². The van der Waals surface area contributed by atoms with Crippen molar-refractivity contribution in [2.45, 2.75) is 20.0 Å². The van der Waals surface area contributed by atoms with E-state index in [1.807, 2.05) is 0 Å². The third kappa shape index (κ3) is 2.88. The van der Waals surface area contributed by atoms with Gasteiger partial charge in [0.2, 0.25) is 0 Å². The van der Waals surface area contributed by atoms with Crippen molar-refractivity contribution in [1.82, 2.24) is 0 Å². The van der Waals surface area contributed by atoms with Crippen LogP contribution in [0.3, 0.4) is 0 Å². The molecule has 1 aromatic rings. The summed E-state index contributed by atoms with van der Waals surface area (Å²) >= 11 is 0. The molecule has 0 unspecified atom stereocenters. The molecule has 7 heteroatoms. The van der Waals surface area contributed by atoms with E-state index in [1.165, 1.54) is 6.08 Å². The zero-order valence-electron chi connectivity index (χ0n) is 12.3. The summed E-state index contributed by atoms with van der Waals surface area (Å²) in [7, 11) is 0. The highest BCUT2D eigenvalue weighted by atomic mass is 19.3. The summed E-state index contributed by atoms with van der Waals surface area (Å²) in [5.74, 6) is -8.31. The fourth-order valence-corrected chi connectivity index (χ4v) is 2.56. The van der Waals surface area contributed by atoms with Crippen LogP contribution < -0.4 is 0 Å². The van der Waals surface area contributed by atoms with Gasteiger partial charge in [0.05, 0.1) is 5.92 Å². The Labute approximate surface area is 129 Å². The number of carbonyl (C=O) groups excluding carboxylic acids is 1. The number of halogens is 5. The Morgan fingerprint density at radius 1 is 1.30 bits per heavy atom. The van der Waals surface area contributed by atoms with Gasteiger partial charge in [0.15, 0.2) is 17.5 Å². The lowest BCUT2D eigenvalue weighted by Gasteiger charge is -2.18. The Bertz CT molecular complexity index is 705. The zero-order valence-corrected chi connectivity index (χ0v) is 12.3. The van der Waals surface area contributed by atoms with E-state index in [0.717, 1.165) is 0 Å². The number of alkyl halides is 2. The molecule has 0 amide bonds. The number of ether oxygens (including phenoxy) is 1. The summed E-state index contributed by atoms with van der Waals surface area (Å²) in [5, 5.41) is 0. The first kappa shape index (κ1) is 17.2. The van der Waals surface area contributed by atoms with E-state index in [4.69, 9.17) is 0 Å². The molecule has 2 nitrogen and oxygen atoms in total. The molecule has 0 N–H and O–H groups in total. The second kappa shape index (κ2) is 5.49. The van der Waals surface area contributed by atoms with E-state index in [0.29, 0.717) is 12.1 Å². The molecule has 0 aliphatic heterocycles. The lowest BCUT2D eigenvalue weighted by atomic mass is 10.1. The average Bonchev–Trinajstić information content (AvgIpc) is 2.97. The fourth-order valence-electron chi connectivity index (χ4n) is 2.56. The number of carbonyl (C=O) groups is 1. The molecule has 2 rings (SSSR count). The number of hydrogen-bond donors (Lipinski definition) is 0. The maximum Gasteiger partial charge on any atom is 0.431 e. The van der Waals surface area contributed by atoms with Crippen LogP contribution in [-0.2, 0) is 15.6 Å². The largest absolute Gasteiger partial charge is 0.431 e. The van der Waals surface area contributed by atoms with Gasteiger partial charge in [-0.1, -0.05) is 20.4 Å². The third-order valence-electron chi connectivity index (χ3n) is 4.04. The summed E-state index contributed by atoms with van der Waals surface area (Å²) < 4.78 is 71.2. The van der Waals surface area contributed by atoms with Crippen molar-refractivity contribution >= 4 is 5.97 Å². The van der Waals surface area contributed by atoms with Gasteiger partial charge in [-0.15, -0.1) is 5.73 Å². The first-order chi connectivity index (χ1) is 10.5. The lowest BCUT2D eigenvalue weighted by Crippen LogP contribution is -2.26. The molecule has 0 bridgehead atoms. The number of esters is 1. The van der Waals surface area contributed by atoms with E-state index in [2.05, 4.69) is 17.0 Å². The molecular formula is C16H13F5O2. The summed E-state index contributed by atoms with van der Waals surface area (Å²) in [6, 6.07) is 0.667. The van der Waals surface area contributed by atoms with Gasteiger partial charge in [0.25, 0.3) is 0 Å². The van der Waals surface area contributed by atoms with E-state index in [9.17, 15) is 26.7 Å². The van der Waals surface area contributed by atoms with Crippen LogP contribution in [-0.4, -0.2) is 5.97 Å². The van der Waals surface area contributed by atoms with Gasteiger partial charge in [-0.2, -0.15) is 8.78 Å². The van der Waals surface area contributed by atoms with Crippen LogP contribution in [0, 0.1) is 34.7 Å². The molecule has 0 heterocycles. The van der Waals surface area contributed by atoms with Gasteiger partial charge >= 0.3 is 12.1 Å². The summed E-state index contributed by atoms with van der Waals surface area (Å²) in [4.78, 5) is 11.9. The molecule has 0 radical (unpaired) electrons. The highest BCUT2D eigenvalue weighted by Crippen LogP contribution is 2.60. The quantitative estimate of drug-likeness (QED) is 0.355. The van der Waals surface area contributed by atoms with Gasteiger partial charge in [0, 0.05) is 5.92 Å². The molecule has 1 aromatic carbocycles. The predicted molar refractivity (Wildman–Crippen MR) is 70.8 cm³/mol. The van der Waals surface area contributed by atoms with Crippen molar-refractivity contribution in [3.63, 3.8) is 0 Å². The Kier molecular flexibility index (Phi) is 4.11. The summed E-state index contributed by atoms with van der Waals surface area (Å²) in [6.07, 6.45) is -2.96. The van der Waals surface area contributed by atoms with E-state index in [1.54, 1.807) is 13.8 Å². The van der Waals surface area contributed by atoms with Crippen molar-refractivity contribution in [2.24, 2.45) is 17.3 Å². The summed E-state index contributed by atoms with van der Waals surface area (Å²) in [6.45, 7) is 6.67. The SMILES string of the molecule is C=C=C[C@@H]1[C@@H](C(=O)OC(F)(F)c2ccc(F)c(F)c2F)C1(C)C. The molecule has 124 valence electrons. The van der Waals surface area contributed by atoms with Crippen LogP contribution in [0.5, 0.6) is 0 Å². The van der Waals surface area contributed by atoms with Crippen LogP contribution in [0.4, 0.5) is 22.0 Å². The Hall–Kier alpha value is -2.14. The predicted octanol–water partition coefficient (Wildman–Crippen LogP) is 4.31. The number of allylic oxidation sites excluding steroid dienone is 1. The standard InChI is InChI=1S/C16H13F5O2/c1-4-5-8-11(15(8,2)3)14(22)23-16(20,21)9-6-7-10(17)13(19)12(9)18/h5-8,11H,1H2,2-3H3/t8-,11+/m1/s1. The van der Waals surface area contributed by atoms with Gasteiger partial charge < -0.3 is 4.74 Å². The second-order valence-electron chi connectivity index (χ2n) is 5.86. The first-order valence-electron chi connectivity index (χ1n) is 6.64. The topological polar surface area (TPSA) is 26.3 Å². The van der Waals surface area contributed by atoms with E-state index >= 15 is 0 Å². The molecule has 1 aliphatic rings. The van der Waals surface area contributed by atoms with E-state index in [-0.39, 0.29) is 0 Å². The smallest absolute Gasteiger partial charge is 0.397 e. The Morgan fingerprint density at radius 2 is 1.91 bits per heavy atom. The maximum absolute atomic E-state index is 13.9. The van der Waals surface area contributed by atoms with Crippen LogP contribution in [0.2, 0.25) is 0 Å². The highest BCUT2D eigenvalue weighted by Gasteiger charge is 2.63. The average molecular weight is 332 g/mol. The highest BCUT2D eigenvalue weighted by molar-refractivity contribution is 5.78. The number of hydrogen-bond acceptors (Lipinski definition) is 2. The lowest BCUT2D eigenvalue weighted by molar-refractivity contribution is -0.243. The normalized spacial score (nSPS) is 22.2. The summed E-state index contributed by atoms with van der Waals surface area (Å²) in [5.41, 5.74) is 0.289.